The van der Waals surface area contributed by atoms with Crippen LogP contribution in [0.5, 0.6) is 0 Å². The first-order valence-electron chi connectivity index (χ1n) is 6.95. The Morgan fingerprint density at radius 3 is 2.50 bits per heavy atom. The van der Waals surface area contributed by atoms with Crippen molar-refractivity contribution in [2.24, 2.45) is 5.92 Å². The predicted molar refractivity (Wildman–Crippen MR) is 80.4 cm³/mol. The minimum atomic E-state index is -0.508. The zero-order chi connectivity index (χ0) is 15.3. The minimum absolute atomic E-state index is 0.124. The van der Waals surface area contributed by atoms with Gasteiger partial charge in [-0.05, 0) is 31.9 Å². The molecule has 0 aliphatic rings. The third kappa shape index (κ3) is 3.79. The number of anilines is 1. The lowest BCUT2D eigenvalue weighted by atomic mass is 10.1. The summed E-state index contributed by atoms with van der Waals surface area (Å²) in [6, 6.07) is 4.77. The van der Waals surface area contributed by atoms with Crippen LogP contribution in [-0.4, -0.2) is 23.8 Å². The van der Waals surface area contributed by atoms with Crippen molar-refractivity contribution in [2.75, 3.05) is 18.0 Å². The number of carbonyl (C=O) groups excluding carboxylic acids is 1. The highest BCUT2D eigenvalue weighted by Gasteiger charge is 2.19. The second-order valence-electron chi connectivity index (χ2n) is 5.07. The van der Waals surface area contributed by atoms with Gasteiger partial charge in [-0.2, -0.15) is 0 Å². The van der Waals surface area contributed by atoms with Crippen molar-refractivity contribution >= 4 is 17.2 Å². The number of ketones is 1. The van der Waals surface area contributed by atoms with E-state index >= 15 is 0 Å². The second kappa shape index (κ2) is 7.03. The van der Waals surface area contributed by atoms with Crippen LogP contribution in [0.3, 0.4) is 0 Å². The Hall–Kier alpha value is -1.91. The average molecular weight is 278 g/mol. The largest absolute Gasteiger partial charge is 0.372 e. The summed E-state index contributed by atoms with van der Waals surface area (Å²) in [7, 11) is 0. The zero-order valence-electron chi connectivity index (χ0n) is 12.5. The minimum Gasteiger partial charge on any atom is -0.372 e. The van der Waals surface area contributed by atoms with Gasteiger partial charge in [0.1, 0.15) is 0 Å². The van der Waals surface area contributed by atoms with Crippen LogP contribution in [0.1, 0.15) is 44.5 Å². The van der Waals surface area contributed by atoms with Crippen LogP contribution < -0.4 is 4.90 Å². The van der Waals surface area contributed by atoms with Crippen LogP contribution in [0.4, 0.5) is 11.4 Å². The molecule has 1 unspecified atom stereocenters. The smallest absolute Gasteiger partial charge is 0.280 e. The highest BCUT2D eigenvalue weighted by atomic mass is 16.6. The number of rotatable bonds is 7. The lowest BCUT2D eigenvalue weighted by Crippen LogP contribution is -2.28. The van der Waals surface area contributed by atoms with Gasteiger partial charge < -0.3 is 4.90 Å². The molecule has 0 aromatic heterocycles. The van der Waals surface area contributed by atoms with E-state index in [1.165, 1.54) is 13.0 Å². The van der Waals surface area contributed by atoms with Gasteiger partial charge in [0.15, 0.2) is 5.78 Å². The maximum Gasteiger partial charge on any atom is 0.280 e. The van der Waals surface area contributed by atoms with Gasteiger partial charge in [0.05, 0.1) is 10.5 Å². The van der Waals surface area contributed by atoms with Crippen molar-refractivity contribution in [2.45, 2.75) is 34.1 Å². The van der Waals surface area contributed by atoms with Crippen LogP contribution in [0.2, 0.25) is 0 Å². The molecule has 0 fully saturated rings. The summed E-state index contributed by atoms with van der Waals surface area (Å²) in [5, 5.41) is 10.9. The summed E-state index contributed by atoms with van der Waals surface area (Å²) < 4.78 is 0. The molecule has 0 radical (unpaired) electrons. The quantitative estimate of drug-likeness (QED) is 0.433. The third-order valence-corrected chi connectivity index (χ3v) is 3.53. The summed E-state index contributed by atoms with van der Waals surface area (Å²) >= 11 is 0. The molecule has 1 rings (SSSR count). The second-order valence-corrected chi connectivity index (χ2v) is 5.07. The van der Waals surface area contributed by atoms with Gasteiger partial charge in [-0.25, -0.2) is 0 Å². The van der Waals surface area contributed by atoms with Gasteiger partial charge in [-0.3, -0.25) is 14.9 Å². The van der Waals surface area contributed by atoms with Crippen molar-refractivity contribution in [1.82, 2.24) is 0 Å². The number of hydrogen-bond donors (Lipinski definition) is 0. The van der Waals surface area contributed by atoms with Gasteiger partial charge in [-0.15, -0.1) is 0 Å². The van der Waals surface area contributed by atoms with Crippen LogP contribution in [0.15, 0.2) is 18.2 Å². The number of nitrogens with zero attached hydrogens (tertiary/aromatic N) is 2. The fourth-order valence-corrected chi connectivity index (χ4v) is 2.08. The predicted octanol–water partition coefficient (Wildman–Crippen LogP) is 3.67. The standard InChI is InChI=1S/C15H22N2O3/c1-5-11(3)10-16(6-2)13-7-8-15(17(19)20)14(9-13)12(4)18/h7-9,11H,5-6,10H2,1-4H3. The number of benzene rings is 1. The van der Waals surface area contributed by atoms with E-state index in [2.05, 4.69) is 18.7 Å². The molecule has 1 aromatic rings. The van der Waals surface area contributed by atoms with E-state index in [9.17, 15) is 14.9 Å². The summed E-state index contributed by atoms with van der Waals surface area (Å²) in [5.74, 6) is 0.254. The van der Waals surface area contributed by atoms with E-state index in [1.54, 1.807) is 12.1 Å². The fraction of sp³-hybridized carbons (Fsp3) is 0.533. The molecule has 1 aromatic carbocycles. The van der Waals surface area contributed by atoms with Gasteiger partial charge in [0, 0.05) is 24.8 Å². The highest BCUT2D eigenvalue weighted by molar-refractivity contribution is 5.99. The Morgan fingerprint density at radius 2 is 2.05 bits per heavy atom. The van der Waals surface area contributed by atoms with Gasteiger partial charge in [0.2, 0.25) is 0 Å². The Balaban J connectivity index is 3.15. The average Bonchev–Trinajstić information content (AvgIpc) is 2.43. The normalized spacial score (nSPS) is 12.0. The van der Waals surface area contributed by atoms with Crippen molar-refractivity contribution in [3.63, 3.8) is 0 Å². The maximum absolute atomic E-state index is 11.6. The molecular weight excluding hydrogens is 256 g/mol. The van der Waals surface area contributed by atoms with Gasteiger partial charge in [0.25, 0.3) is 5.69 Å². The lowest BCUT2D eigenvalue weighted by Gasteiger charge is -2.26. The first kappa shape index (κ1) is 16.1. The summed E-state index contributed by atoms with van der Waals surface area (Å²) in [5.41, 5.74) is 0.916. The molecule has 1 atom stereocenters. The Morgan fingerprint density at radius 1 is 1.40 bits per heavy atom. The topological polar surface area (TPSA) is 63.4 Å². The lowest BCUT2D eigenvalue weighted by molar-refractivity contribution is -0.385. The van der Waals surface area contributed by atoms with Crippen LogP contribution in [0.25, 0.3) is 0 Å². The number of nitro groups is 1. The van der Waals surface area contributed by atoms with E-state index in [0.717, 1.165) is 25.2 Å². The molecule has 20 heavy (non-hydrogen) atoms. The Bertz CT molecular complexity index is 500. The zero-order valence-corrected chi connectivity index (χ0v) is 12.5. The molecule has 0 saturated carbocycles. The first-order valence-corrected chi connectivity index (χ1v) is 6.95. The SMILES string of the molecule is CCC(C)CN(CC)c1ccc([N+](=O)[O-])c(C(C)=O)c1. The van der Waals surface area contributed by atoms with Crippen LogP contribution in [-0.2, 0) is 0 Å². The molecule has 110 valence electrons. The van der Waals surface area contributed by atoms with Crippen molar-refractivity contribution < 1.29 is 9.72 Å². The third-order valence-electron chi connectivity index (χ3n) is 3.53. The van der Waals surface area contributed by atoms with Crippen molar-refractivity contribution in [3.05, 3.63) is 33.9 Å². The van der Waals surface area contributed by atoms with E-state index in [0.29, 0.717) is 5.92 Å². The Labute approximate surface area is 119 Å². The Kier molecular flexibility index (Phi) is 5.67. The fourth-order valence-electron chi connectivity index (χ4n) is 2.08. The molecular formula is C15H22N2O3. The molecule has 0 spiro atoms. The van der Waals surface area contributed by atoms with E-state index in [1.807, 2.05) is 6.92 Å². The monoisotopic (exact) mass is 278 g/mol. The number of carbonyl (C=O) groups is 1. The molecule has 0 aliphatic heterocycles. The van der Waals surface area contributed by atoms with Gasteiger partial charge in [-0.1, -0.05) is 20.3 Å². The first-order chi connectivity index (χ1) is 9.40. The molecule has 0 N–H and O–H groups in total. The number of nitro benzene ring substituents is 1. The van der Waals surface area contributed by atoms with E-state index in [4.69, 9.17) is 0 Å². The summed E-state index contributed by atoms with van der Waals surface area (Å²) in [4.78, 5) is 24.2. The van der Waals surface area contributed by atoms with Crippen molar-refractivity contribution in [3.8, 4) is 0 Å². The highest BCUT2D eigenvalue weighted by Crippen LogP contribution is 2.26. The number of hydrogen-bond acceptors (Lipinski definition) is 4. The summed E-state index contributed by atoms with van der Waals surface area (Å²) in [6.45, 7) is 9.38. The van der Waals surface area contributed by atoms with E-state index in [-0.39, 0.29) is 17.0 Å². The summed E-state index contributed by atoms with van der Waals surface area (Å²) in [6.07, 6.45) is 1.07. The maximum atomic E-state index is 11.6. The molecule has 0 aliphatic carbocycles. The molecule has 0 saturated heterocycles. The molecule has 0 bridgehead atoms. The molecule has 5 nitrogen and oxygen atoms in total. The van der Waals surface area contributed by atoms with Crippen LogP contribution >= 0.6 is 0 Å². The molecule has 0 amide bonds. The molecule has 5 heteroatoms. The van der Waals surface area contributed by atoms with Crippen molar-refractivity contribution in [1.29, 1.82) is 0 Å². The van der Waals surface area contributed by atoms with E-state index < -0.39 is 4.92 Å². The van der Waals surface area contributed by atoms with Crippen LogP contribution in [0, 0.1) is 16.0 Å². The number of Topliss-reactive ketones (excluding diaryl/α,β-unsaturated/α-hetero) is 1. The molecule has 0 heterocycles. The van der Waals surface area contributed by atoms with Gasteiger partial charge >= 0.3 is 0 Å².